The van der Waals surface area contributed by atoms with Crippen LogP contribution < -0.4 is 0 Å². The Bertz CT molecular complexity index is 593. The molecule has 1 aromatic carbocycles. The molecule has 2 aromatic rings. The van der Waals surface area contributed by atoms with E-state index >= 15 is 0 Å². The van der Waals surface area contributed by atoms with Gasteiger partial charge in [0.1, 0.15) is 22.9 Å². The van der Waals surface area contributed by atoms with E-state index in [0.29, 0.717) is 0 Å². The average Bonchev–Trinajstić information content (AvgIpc) is 2.64. The van der Waals surface area contributed by atoms with Gasteiger partial charge in [0, 0.05) is 6.07 Å². The lowest BCUT2D eigenvalue weighted by molar-refractivity contribution is 0.0696. The van der Waals surface area contributed by atoms with E-state index in [1.54, 1.807) is 0 Å². The van der Waals surface area contributed by atoms with Crippen LogP contribution in [0.2, 0.25) is 0 Å². The zero-order valence-corrected chi connectivity index (χ0v) is 8.82. The van der Waals surface area contributed by atoms with Crippen LogP contribution in [0.3, 0.4) is 0 Å². The van der Waals surface area contributed by atoms with Crippen LogP contribution in [0.15, 0.2) is 24.4 Å². The average molecular weight is 238 g/mol. The van der Waals surface area contributed by atoms with Gasteiger partial charge in [0.2, 0.25) is 0 Å². The van der Waals surface area contributed by atoms with Gasteiger partial charge in [-0.2, -0.15) is 5.10 Å². The van der Waals surface area contributed by atoms with Gasteiger partial charge in [-0.15, -0.1) is 0 Å². The van der Waals surface area contributed by atoms with E-state index in [2.05, 4.69) is 5.10 Å². The molecule has 2 rings (SSSR count). The summed E-state index contributed by atoms with van der Waals surface area (Å²) in [5, 5.41) is 12.6. The van der Waals surface area contributed by atoms with Crippen LogP contribution in [0.1, 0.15) is 16.1 Å². The second-order valence-electron chi connectivity index (χ2n) is 3.46. The summed E-state index contributed by atoms with van der Waals surface area (Å²) < 4.78 is 27.5. The molecule has 0 bridgehead atoms. The molecule has 0 atom stereocenters. The quantitative estimate of drug-likeness (QED) is 0.872. The minimum Gasteiger partial charge on any atom is -0.478 e. The molecule has 1 N–H and O–H groups in total. The van der Waals surface area contributed by atoms with Gasteiger partial charge in [-0.1, -0.05) is 0 Å². The third-order valence-corrected chi connectivity index (χ3v) is 2.38. The van der Waals surface area contributed by atoms with E-state index in [1.165, 1.54) is 6.92 Å². The minimum absolute atomic E-state index is 0.0475. The summed E-state index contributed by atoms with van der Waals surface area (Å²) >= 11 is 0. The molecule has 1 aromatic heterocycles. The van der Waals surface area contributed by atoms with Crippen molar-refractivity contribution in [1.82, 2.24) is 9.78 Å². The summed E-state index contributed by atoms with van der Waals surface area (Å²) in [6.45, 7) is 1.47. The number of carboxylic acid groups (broad SMARTS) is 1. The first-order valence-corrected chi connectivity index (χ1v) is 4.74. The van der Waals surface area contributed by atoms with Crippen molar-refractivity contribution in [1.29, 1.82) is 0 Å². The molecule has 0 spiro atoms. The van der Waals surface area contributed by atoms with Crippen LogP contribution in [0.4, 0.5) is 8.78 Å². The first-order valence-electron chi connectivity index (χ1n) is 4.74. The Morgan fingerprint density at radius 2 is 2.12 bits per heavy atom. The summed E-state index contributed by atoms with van der Waals surface area (Å²) in [7, 11) is 0. The van der Waals surface area contributed by atoms with Crippen LogP contribution in [0.5, 0.6) is 0 Å². The number of nitrogens with zero attached hydrogens (tertiary/aromatic N) is 2. The molecule has 4 nitrogen and oxygen atoms in total. The van der Waals surface area contributed by atoms with E-state index in [4.69, 9.17) is 5.11 Å². The van der Waals surface area contributed by atoms with Crippen molar-refractivity contribution in [2.24, 2.45) is 0 Å². The van der Waals surface area contributed by atoms with E-state index < -0.39 is 17.6 Å². The number of halogens is 2. The number of aromatic nitrogens is 2. The van der Waals surface area contributed by atoms with Crippen molar-refractivity contribution in [3.8, 4) is 5.69 Å². The normalized spacial score (nSPS) is 10.5. The molecule has 0 aliphatic rings. The fourth-order valence-corrected chi connectivity index (χ4v) is 1.51. The number of aromatic carboxylic acids is 1. The molecular formula is C11H8F2N2O2. The zero-order chi connectivity index (χ0) is 12.6. The van der Waals surface area contributed by atoms with Gasteiger partial charge in [0.25, 0.3) is 0 Å². The molecule has 0 amide bonds. The molecule has 17 heavy (non-hydrogen) atoms. The molecule has 0 unspecified atom stereocenters. The summed E-state index contributed by atoms with van der Waals surface area (Å²) in [4.78, 5) is 10.8. The van der Waals surface area contributed by atoms with Gasteiger partial charge in [-0.05, 0) is 19.1 Å². The predicted octanol–water partition coefficient (Wildman–Crippen LogP) is 2.16. The molecular weight excluding hydrogens is 230 g/mol. The Labute approximate surface area is 95.1 Å². The van der Waals surface area contributed by atoms with Crippen LogP contribution in [0, 0.1) is 18.6 Å². The fraction of sp³-hybridized carbons (Fsp3) is 0.0909. The highest BCUT2D eigenvalue weighted by atomic mass is 19.1. The van der Waals surface area contributed by atoms with Crippen LogP contribution >= 0.6 is 0 Å². The first-order chi connectivity index (χ1) is 8.00. The molecule has 0 aliphatic carbocycles. The van der Waals surface area contributed by atoms with Gasteiger partial charge >= 0.3 is 5.97 Å². The van der Waals surface area contributed by atoms with Crippen LogP contribution in [0.25, 0.3) is 5.69 Å². The van der Waals surface area contributed by atoms with Gasteiger partial charge in [-0.3, -0.25) is 0 Å². The SMILES string of the molecule is Cc1c(C(=O)O)cnn1-c1cc(F)ccc1F. The second kappa shape index (κ2) is 3.97. The van der Waals surface area contributed by atoms with E-state index in [0.717, 1.165) is 29.1 Å². The number of carboxylic acids is 1. The molecule has 0 saturated heterocycles. The molecule has 0 aliphatic heterocycles. The molecule has 0 saturated carbocycles. The highest BCUT2D eigenvalue weighted by Crippen LogP contribution is 2.18. The van der Waals surface area contributed by atoms with Crippen molar-refractivity contribution < 1.29 is 18.7 Å². The number of carbonyl (C=O) groups is 1. The fourth-order valence-electron chi connectivity index (χ4n) is 1.51. The van der Waals surface area contributed by atoms with Crippen molar-refractivity contribution in [3.63, 3.8) is 0 Å². The van der Waals surface area contributed by atoms with Crippen molar-refractivity contribution in [2.45, 2.75) is 6.92 Å². The second-order valence-corrected chi connectivity index (χ2v) is 3.46. The maximum atomic E-state index is 13.5. The number of hydrogen-bond acceptors (Lipinski definition) is 2. The van der Waals surface area contributed by atoms with Gasteiger partial charge < -0.3 is 5.11 Å². The summed E-state index contributed by atoms with van der Waals surface area (Å²) in [6, 6.07) is 2.91. The Balaban J connectivity index is 2.61. The summed E-state index contributed by atoms with van der Waals surface area (Å²) in [5.41, 5.74) is 0.0747. The zero-order valence-electron chi connectivity index (χ0n) is 8.82. The number of benzene rings is 1. The highest BCUT2D eigenvalue weighted by Gasteiger charge is 2.16. The smallest absolute Gasteiger partial charge is 0.339 e. The lowest BCUT2D eigenvalue weighted by Crippen LogP contribution is -2.04. The Morgan fingerprint density at radius 1 is 1.41 bits per heavy atom. The highest BCUT2D eigenvalue weighted by molar-refractivity contribution is 5.88. The van der Waals surface area contributed by atoms with Crippen molar-refractivity contribution in [3.05, 3.63) is 47.3 Å². The molecule has 0 fully saturated rings. The molecule has 1 heterocycles. The molecule has 88 valence electrons. The summed E-state index contributed by atoms with van der Waals surface area (Å²) in [6.07, 6.45) is 1.10. The maximum Gasteiger partial charge on any atom is 0.339 e. The third kappa shape index (κ3) is 1.89. The lowest BCUT2D eigenvalue weighted by Gasteiger charge is -2.06. The maximum absolute atomic E-state index is 13.5. The topological polar surface area (TPSA) is 55.1 Å². The Kier molecular flexibility index (Phi) is 2.63. The Morgan fingerprint density at radius 3 is 2.71 bits per heavy atom. The van der Waals surface area contributed by atoms with E-state index in [1.807, 2.05) is 0 Å². The molecule has 6 heteroatoms. The van der Waals surface area contributed by atoms with Crippen molar-refractivity contribution >= 4 is 5.97 Å². The van der Waals surface area contributed by atoms with Crippen molar-refractivity contribution in [2.75, 3.05) is 0 Å². The summed E-state index contributed by atoms with van der Waals surface area (Å²) in [5.74, 6) is -2.45. The predicted molar refractivity (Wildman–Crippen MR) is 55.2 cm³/mol. The van der Waals surface area contributed by atoms with Gasteiger partial charge in [0.15, 0.2) is 0 Å². The van der Waals surface area contributed by atoms with Gasteiger partial charge in [-0.25, -0.2) is 18.3 Å². The number of hydrogen-bond donors (Lipinski definition) is 1. The minimum atomic E-state index is -1.16. The monoisotopic (exact) mass is 238 g/mol. The first kappa shape index (κ1) is 11.3. The molecule has 0 radical (unpaired) electrons. The van der Waals surface area contributed by atoms with Crippen LogP contribution in [-0.2, 0) is 0 Å². The largest absolute Gasteiger partial charge is 0.478 e. The van der Waals surface area contributed by atoms with E-state index in [-0.39, 0.29) is 16.9 Å². The van der Waals surface area contributed by atoms with Gasteiger partial charge in [0.05, 0.1) is 11.9 Å². The number of rotatable bonds is 2. The van der Waals surface area contributed by atoms with E-state index in [9.17, 15) is 13.6 Å². The lowest BCUT2D eigenvalue weighted by atomic mass is 10.2. The standard InChI is InChI=1S/C11H8F2N2O2/c1-6-8(11(16)17)5-14-15(6)10-4-7(12)2-3-9(10)13/h2-5H,1H3,(H,16,17). The third-order valence-electron chi connectivity index (χ3n) is 2.38. The van der Waals surface area contributed by atoms with Crippen LogP contribution in [-0.4, -0.2) is 20.9 Å². The Hall–Kier alpha value is -2.24.